The summed E-state index contributed by atoms with van der Waals surface area (Å²) < 4.78 is 23.4. The molecule has 0 aliphatic rings. The van der Waals surface area contributed by atoms with Gasteiger partial charge in [-0.25, -0.2) is 4.39 Å². The summed E-state index contributed by atoms with van der Waals surface area (Å²) in [5, 5.41) is 2.84. The van der Waals surface area contributed by atoms with Crippen molar-refractivity contribution in [2.24, 2.45) is 0 Å². The maximum Gasteiger partial charge on any atom is 0.238 e. The first-order valence-electron chi connectivity index (χ1n) is 8.07. The highest BCUT2D eigenvalue weighted by Crippen LogP contribution is 2.15. The van der Waals surface area contributed by atoms with Gasteiger partial charge in [-0.3, -0.25) is 9.69 Å². The molecular formula is C19H23FN2O3. The fourth-order valence-corrected chi connectivity index (χ4v) is 2.25. The largest absolute Gasteiger partial charge is 0.497 e. The lowest BCUT2D eigenvalue weighted by Crippen LogP contribution is -2.31. The van der Waals surface area contributed by atoms with Crippen molar-refractivity contribution in [2.75, 3.05) is 39.2 Å². The first kappa shape index (κ1) is 18.7. The number of nitrogens with zero attached hydrogens (tertiary/aromatic N) is 1. The van der Waals surface area contributed by atoms with Crippen LogP contribution in [-0.4, -0.2) is 44.7 Å². The van der Waals surface area contributed by atoms with Crippen LogP contribution in [0.5, 0.6) is 11.5 Å². The van der Waals surface area contributed by atoms with E-state index < -0.39 is 0 Å². The minimum absolute atomic E-state index is 0.0767. The molecule has 0 fully saturated rings. The van der Waals surface area contributed by atoms with E-state index in [9.17, 15) is 9.18 Å². The molecule has 6 heteroatoms. The molecule has 0 saturated heterocycles. The van der Waals surface area contributed by atoms with E-state index in [4.69, 9.17) is 9.47 Å². The summed E-state index contributed by atoms with van der Waals surface area (Å²) in [6, 6.07) is 13.1. The number of rotatable bonds is 9. The Kier molecular flexibility index (Phi) is 7.22. The maximum absolute atomic E-state index is 12.8. The summed E-state index contributed by atoms with van der Waals surface area (Å²) in [4.78, 5) is 13.9. The highest BCUT2D eigenvalue weighted by Gasteiger charge is 2.07. The highest BCUT2D eigenvalue weighted by atomic mass is 19.1. The number of ether oxygens (including phenoxy) is 2. The molecule has 0 atom stereocenters. The Bertz CT molecular complexity index is 659. The second kappa shape index (κ2) is 9.64. The number of methoxy groups -OCH3 is 1. The van der Waals surface area contributed by atoms with Crippen LogP contribution in [0.3, 0.4) is 0 Å². The van der Waals surface area contributed by atoms with Gasteiger partial charge in [0.15, 0.2) is 0 Å². The molecule has 1 N–H and O–H groups in total. The summed E-state index contributed by atoms with van der Waals surface area (Å²) >= 11 is 0. The van der Waals surface area contributed by atoms with Crippen molar-refractivity contribution < 1.29 is 18.7 Å². The van der Waals surface area contributed by atoms with Gasteiger partial charge < -0.3 is 14.8 Å². The first-order valence-corrected chi connectivity index (χ1v) is 8.07. The third kappa shape index (κ3) is 6.81. The van der Waals surface area contributed by atoms with Crippen molar-refractivity contribution in [2.45, 2.75) is 6.42 Å². The van der Waals surface area contributed by atoms with Gasteiger partial charge in [0.1, 0.15) is 17.3 Å². The zero-order chi connectivity index (χ0) is 18.1. The van der Waals surface area contributed by atoms with Crippen molar-refractivity contribution >= 4 is 11.6 Å². The Morgan fingerprint density at radius 3 is 2.36 bits per heavy atom. The minimum atomic E-state index is -0.282. The van der Waals surface area contributed by atoms with E-state index in [0.29, 0.717) is 18.9 Å². The van der Waals surface area contributed by atoms with Crippen molar-refractivity contribution in [1.82, 2.24) is 4.90 Å². The second-order valence-corrected chi connectivity index (χ2v) is 5.67. The minimum Gasteiger partial charge on any atom is -0.497 e. The Balaban J connectivity index is 1.64. The van der Waals surface area contributed by atoms with E-state index in [1.165, 1.54) is 12.1 Å². The van der Waals surface area contributed by atoms with Gasteiger partial charge in [0, 0.05) is 12.2 Å². The predicted octanol–water partition coefficient (Wildman–Crippen LogP) is 3.17. The Labute approximate surface area is 147 Å². The Hall–Kier alpha value is -2.60. The standard InChI is InChI=1S/C19H23FN2O3/c1-22(12-3-13-25-18-8-4-15(20)5-9-18)14-19(23)21-16-6-10-17(24-2)11-7-16/h4-11H,3,12-14H2,1-2H3,(H,21,23). The Morgan fingerprint density at radius 2 is 1.72 bits per heavy atom. The van der Waals surface area contributed by atoms with Crippen LogP contribution in [0.2, 0.25) is 0 Å². The quantitative estimate of drug-likeness (QED) is 0.709. The molecule has 0 radical (unpaired) electrons. The molecule has 0 saturated carbocycles. The molecule has 0 bridgehead atoms. The molecule has 0 heterocycles. The van der Waals surface area contributed by atoms with E-state index in [0.717, 1.165) is 24.4 Å². The summed E-state index contributed by atoms with van der Waals surface area (Å²) in [7, 11) is 3.48. The zero-order valence-electron chi connectivity index (χ0n) is 14.5. The molecule has 0 spiro atoms. The number of amides is 1. The SMILES string of the molecule is COc1ccc(NC(=O)CN(C)CCCOc2ccc(F)cc2)cc1. The average molecular weight is 346 g/mol. The number of likely N-dealkylation sites (N-methyl/N-ethyl adjacent to an activating group) is 1. The van der Waals surface area contributed by atoms with Gasteiger partial charge in [0.2, 0.25) is 5.91 Å². The van der Waals surface area contributed by atoms with E-state index in [-0.39, 0.29) is 11.7 Å². The summed E-state index contributed by atoms with van der Waals surface area (Å²) in [6.45, 7) is 1.52. The third-order valence-electron chi connectivity index (χ3n) is 3.55. The Morgan fingerprint density at radius 1 is 1.08 bits per heavy atom. The lowest BCUT2D eigenvalue weighted by atomic mass is 10.3. The molecule has 2 aromatic rings. The summed E-state index contributed by atoms with van der Waals surface area (Å²) in [6.07, 6.45) is 0.768. The van der Waals surface area contributed by atoms with Gasteiger partial charge in [-0.1, -0.05) is 0 Å². The summed E-state index contributed by atoms with van der Waals surface area (Å²) in [5.74, 6) is 1.03. The van der Waals surface area contributed by atoms with Crippen LogP contribution in [0.1, 0.15) is 6.42 Å². The highest BCUT2D eigenvalue weighted by molar-refractivity contribution is 5.92. The zero-order valence-corrected chi connectivity index (χ0v) is 14.5. The van der Waals surface area contributed by atoms with Gasteiger partial charge in [0.25, 0.3) is 0 Å². The number of carbonyl (C=O) groups is 1. The van der Waals surface area contributed by atoms with E-state index >= 15 is 0 Å². The van der Waals surface area contributed by atoms with Gasteiger partial charge in [-0.05, 0) is 62.0 Å². The molecule has 2 aromatic carbocycles. The number of carbonyl (C=O) groups excluding carboxylic acids is 1. The van der Waals surface area contributed by atoms with Crippen molar-refractivity contribution in [3.05, 3.63) is 54.3 Å². The van der Waals surface area contributed by atoms with Crippen molar-refractivity contribution in [3.63, 3.8) is 0 Å². The molecule has 0 aliphatic carbocycles. The maximum atomic E-state index is 12.8. The molecule has 0 aromatic heterocycles. The van der Waals surface area contributed by atoms with Crippen molar-refractivity contribution in [3.8, 4) is 11.5 Å². The van der Waals surface area contributed by atoms with E-state index in [1.54, 1.807) is 43.5 Å². The lowest BCUT2D eigenvalue weighted by Gasteiger charge is -2.16. The summed E-state index contributed by atoms with van der Waals surface area (Å²) in [5.41, 5.74) is 0.735. The van der Waals surface area contributed by atoms with E-state index in [2.05, 4.69) is 5.32 Å². The topological polar surface area (TPSA) is 50.8 Å². The number of benzene rings is 2. The molecule has 5 nitrogen and oxygen atoms in total. The van der Waals surface area contributed by atoms with Gasteiger partial charge in [0.05, 0.1) is 20.3 Å². The number of halogens is 1. The van der Waals surface area contributed by atoms with Crippen LogP contribution < -0.4 is 14.8 Å². The fourth-order valence-electron chi connectivity index (χ4n) is 2.25. The molecule has 0 unspecified atom stereocenters. The van der Waals surface area contributed by atoms with Gasteiger partial charge in [-0.2, -0.15) is 0 Å². The van der Waals surface area contributed by atoms with Crippen LogP contribution in [0.4, 0.5) is 10.1 Å². The van der Waals surface area contributed by atoms with Crippen LogP contribution in [-0.2, 0) is 4.79 Å². The molecule has 134 valence electrons. The molecule has 0 aliphatic heterocycles. The molecular weight excluding hydrogens is 323 g/mol. The normalized spacial score (nSPS) is 10.6. The van der Waals surface area contributed by atoms with Crippen LogP contribution in [0.15, 0.2) is 48.5 Å². The predicted molar refractivity (Wildman–Crippen MR) is 95.6 cm³/mol. The second-order valence-electron chi connectivity index (χ2n) is 5.67. The fraction of sp³-hybridized carbons (Fsp3) is 0.316. The number of hydrogen-bond acceptors (Lipinski definition) is 4. The molecule has 2 rings (SSSR count). The average Bonchev–Trinajstić information content (AvgIpc) is 2.61. The van der Waals surface area contributed by atoms with Gasteiger partial charge >= 0.3 is 0 Å². The van der Waals surface area contributed by atoms with Gasteiger partial charge in [-0.15, -0.1) is 0 Å². The van der Waals surface area contributed by atoms with Crippen LogP contribution >= 0.6 is 0 Å². The molecule has 25 heavy (non-hydrogen) atoms. The number of hydrogen-bond donors (Lipinski definition) is 1. The number of anilines is 1. The van der Waals surface area contributed by atoms with Crippen LogP contribution in [0.25, 0.3) is 0 Å². The number of nitrogens with one attached hydrogen (secondary N) is 1. The van der Waals surface area contributed by atoms with E-state index in [1.807, 2.05) is 11.9 Å². The van der Waals surface area contributed by atoms with Crippen molar-refractivity contribution in [1.29, 1.82) is 0 Å². The van der Waals surface area contributed by atoms with Crippen LogP contribution in [0, 0.1) is 5.82 Å². The smallest absolute Gasteiger partial charge is 0.238 e. The third-order valence-corrected chi connectivity index (χ3v) is 3.55. The first-order chi connectivity index (χ1) is 12.1. The molecule has 1 amide bonds. The lowest BCUT2D eigenvalue weighted by molar-refractivity contribution is -0.117. The monoisotopic (exact) mass is 346 g/mol.